The predicted molar refractivity (Wildman–Crippen MR) is 66.3 cm³/mol. The molecular formula is C10H24N2O3S. The van der Waals surface area contributed by atoms with Crippen LogP contribution < -0.4 is 5.73 Å². The number of ether oxygens (including phenoxy) is 1. The molecule has 0 aromatic carbocycles. The lowest BCUT2D eigenvalue weighted by Gasteiger charge is -2.21. The molecule has 0 saturated heterocycles. The van der Waals surface area contributed by atoms with Crippen molar-refractivity contribution in [3.05, 3.63) is 0 Å². The normalized spacial score (nSPS) is 12.2. The summed E-state index contributed by atoms with van der Waals surface area (Å²) in [5.41, 5.74) is 5.44. The first-order valence-electron chi connectivity index (χ1n) is 5.67. The summed E-state index contributed by atoms with van der Waals surface area (Å²) in [7, 11) is -1.24. The van der Waals surface area contributed by atoms with Crippen molar-refractivity contribution in [1.29, 1.82) is 0 Å². The molecule has 0 aliphatic rings. The Morgan fingerprint density at radius 1 is 1.25 bits per heavy atom. The van der Waals surface area contributed by atoms with Gasteiger partial charge in [-0.15, -0.1) is 0 Å². The van der Waals surface area contributed by atoms with E-state index in [-0.39, 0.29) is 11.5 Å². The molecule has 0 aliphatic heterocycles. The van der Waals surface area contributed by atoms with Crippen LogP contribution in [0.15, 0.2) is 0 Å². The number of hydrogen-bond donors (Lipinski definition) is 1. The van der Waals surface area contributed by atoms with Crippen molar-refractivity contribution in [2.24, 2.45) is 5.73 Å². The van der Waals surface area contributed by atoms with E-state index in [1.54, 1.807) is 14.0 Å². The zero-order chi connectivity index (χ0) is 12.4. The third-order valence-electron chi connectivity index (χ3n) is 2.45. The first kappa shape index (κ1) is 15.8. The Morgan fingerprint density at radius 3 is 2.44 bits per heavy atom. The van der Waals surface area contributed by atoms with Gasteiger partial charge in [-0.05, 0) is 19.5 Å². The van der Waals surface area contributed by atoms with Gasteiger partial charge in [0.1, 0.15) is 0 Å². The number of nitrogens with zero attached hydrogens (tertiary/aromatic N) is 1. The zero-order valence-corrected chi connectivity index (χ0v) is 11.1. The minimum absolute atomic E-state index is 0.210. The highest BCUT2D eigenvalue weighted by Gasteiger charge is 2.11. The lowest BCUT2D eigenvalue weighted by atomic mass is 10.4. The second kappa shape index (κ2) is 8.92. The van der Waals surface area contributed by atoms with E-state index in [4.69, 9.17) is 10.5 Å². The molecule has 0 unspecified atom stereocenters. The molecule has 0 aliphatic carbocycles. The Morgan fingerprint density at radius 2 is 1.94 bits per heavy atom. The summed E-state index contributed by atoms with van der Waals surface area (Å²) in [5, 5.41) is 0. The van der Waals surface area contributed by atoms with Gasteiger partial charge in [-0.25, -0.2) is 8.42 Å². The third-order valence-corrected chi connectivity index (χ3v) is 4.13. The summed E-state index contributed by atoms with van der Waals surface area (Å²) in [6.45, 7) is 5.09. The summed E-state index contributed by atoms with van der Waals surface area (Å²) in [5.74, 6) is 0.430. The van der Waals surface area contributed by atoms with Gasteiger partial charge >= 0.3 is 0 Å². The lowest BCUT2D eigenvalue weighted by Crippen LogP contribution is -2.34. The summed E-state index contributed by atoms with van der Waals surface area (Å²) in [6.07, 6.45) is 0.885. The number of sulfone groups is 1. The monoisotopic (exact) mass is 252 g/mol. The van der Waals surface area contributed by atoms with Crippen molar-refractivity contribution in [3.8, 4) is 0 Å². The highest BCUT2D eigenvalue weighted by atomic mass is 32.2. The van der Waals surface area contributed by atoms with Gasteiger partial charge in [0, 0.05) is 26.0 Å². The number of hydrogen-bond acceptors (Lipinski definition) is 5. The first-order chi connectivity index (χ1) is 7.55. The molecule has 6 heteroatoms. The highest BCUT2D eigenvalue weighted by Crippen LogP contribution is 1.96. The molecule has 0 amide bonds. The highest BCUT2D eigenvalue weighted by molar-refractivity contribution is 7.91. The smallest absolute Gasteiger partial charge is 0.151 e. The van der Waals surface area contributed by atoms with Gasteiger partial charge in [-0.2, -0.15) is 0 Å². The Balaban J connectivity index is 3.99. The fraction of sp³-hybridized carbons (Fsp3) is 1.00. The summed E-state index contributed by atoms with van der Waals surface area (Å²) >= 11 is 0. The van der Waals surface area contributed by atoms with Crippen molar-refractivity contribution in [2.75, 3.05) is 51.4 Å². The van der Waals surface area contributed by atoms with Crippen molar-refractivity contribution >= 4 is 9.84 Å². The van der Waals surface area contributed by atoms with E-state index in [0.29, 0.717) is 19.7 Å². The second-order valence-corrected chi connectivity index (χ2v) is 6.19. The maximum absolute atomic E-state index is 11.4. The molecule has 0 heterocycles. The molecule has 98 valence electrons. The molecule has 5 nitrogen and oxygen atoms in total. The Kier molecular flexibility index (Phi) is 8.83. The van der Waals surface area contributed by atoms with Crippen LogP contribution in [0.1, 0.15) is 13.3 Å². The number of methoxy groups -OCH3 is 1. The van der Waals surface area contributed by atoms with Crippen LogP contribution >= 0.6 is 0 Å². The zero-order valence-electron chi connectivity index (χ0n) is 10.3. The van der Waals surface area contributed by atoms with E-state index < -0.39 is 9.84 Å². The van der Waals surface area contributed by atoms with Gasteiger partial charge in [0.25, 0.3) is 0 Å². The second-order valence-electron chi connectivity index (χ2n) is 3.71. The minimum atomic E-state index is -2.88. The van der Waals surface area contributed by atoms with E-state index in [0.717, 1.165) is 19.5 Å². The molecule has 0 bridgehead atoms. The van der Waals surface area contributed by atoms with Crippen molar-refractivity contribution in [3.63, 3.8) is 0 Å². The first-order valence-corrected chi connectivity index (χ1v) is 7.49. The fourth-order valence-electron chi connectivity index (χ4n) is 1.28. The maximum atomic E-state index is 11.4. The van der Waals surface area contributed by atoms with Gasteiger partial charge in [-0.1, -0.05) is 6.92 Å². The molecule has 0 fully saturated rings. The van der Waals surface area contributed by atoms with E-state index in [1.807, 2.05) is 0 Å². The van der Waals surface area contributed by atoms with E-state index >= 15 is 0 Å². The fourth-order valence-corrected chi connectivity index (χ4v) is 2.11. The number of rotatable bonds is 10. The van der Waals surface area contributed by atoms with Gasteiger partial charge in [0.05, 0.1) is 12.4 Å². The third kappa shape index (κ3) is 8.04. The minimum Gasteiger partial charge on any atom is -0.383 e. The van der Waals surface area contributed by atoms with Gasteiger partial charge in [0.15, 0.2) is 9.84 Å². The van der Waals surface area contributed by atoms with Gasteiger partial charge in [-0.3, -0.25) is 4.90 Å². The molecule has 0 atom stereocenters. The molecular weight excluding hydrogens is 228 g/mol. The van der Waals surface area contributed by atoms with Crippen LogP contribution in [0.3, 0.4) is 0 Å². The summed E-state index contributed by atoms with van der Waals surface area (Å²) in [6, 6.07) is 0. The molecule has 0 rings (SSSR count). The van der Waals surface area contributed by atoms with E-state index in [1.165, 1.54) is 0 Å². The molecule has 0 spiro atoms. The predicted octanol–water partition coefficient (Wildman–Crippen LogP) is -0.282. The molecule has 16 heavy (non-hydrogen) atoms. The Bertz CT molecular complexity index is 247. The van der Waals surface area contributed by atoms with Crippen LogP contribution in [0.4, 0.5) is 0 Å². The van der Waals surface area contributed by atoms with Crippen molar-refractivity contribution in [2.45, 2.75) is 13.3 Å². The topological polar surface area (TPSA) is 72.6 Å². The average molecular weight is 252 g/mol. The van der Waals surface area contributed by atoms with Crippen LogP contribution in [-0.2, 0) is 14.6 Å². The number of nitrogens with two attached hydrogens (primary N) is 1. The van der Waals surface area contributed by atoms with Crippen molar-refractivity contribution in [1.82, 2.24) is 4.90 Å². The largest absolute Gasteiger partial charge is 0.383 e. The van der Waals surface area contributed by atoms with Crippen LogP contribution in [0, 0.1) is 0 Å². The summed E-state index contributed by atoms with van der Waals surface area (Å²) < 4.78 is 27.7. The maximum Gasteiger partial charge on any atom is 0.151 e. The standard InChI is InChI=1S/C10H24N2O3S/c1-3-16(13,14)10-8-12(6-4-5-11)7-9-15-2/h3-11H2,1-2H3. The molecule has 0 saturated carbocycles. The van der Waals surface area contributed by atoms with Crippen LogP contribution in [0.25, 0.3) is 0 Å². The molecule has 0 aromatic heterocycles. The van der Waals surface area contributed by atoms with Gasteiger partial charge < -0.3 is 10.5 Å². The molecule has 0 aromatic rings. The Labute approximate surface area is 98.9 Å². The van der Waals surface area contributed by atoms with Crippen molar-refractivity contribution < 1.29 is 13.2 Å². The molecule has 2 N–H and O–H groups in total. The van der Waals surface area contributed by atoms with Crippen LogP contribution in [-0.4, -0.2) is 64.7 Å². The van der Waals surface area contributed by atoms with E-state index in [9.17, 15) is 8.42 Å². The van der Waals surface area contributed by atoms with Gasteiger partial charge in [0.2, 0.25) is 0 Å². The SMILES string of the molecule is CCS(=O)(=O)CCN(CCCN)CCOC. The quantitative estimate of drug-likeness (QED) is 0.579. The Hall–Kier alpha value is -0.170. The summed E-state index contributed by atoms with van der Waals surface area (Å²) in [4.78, 5) is 2.09. The van der Waals surface area contributed by atoms with Crippen LogP contribution in [0.2, 0.25) is 0 Å². The average Bonchev–Trinajstić information content (AvgIpc) is 2.28. The van der Waals surface area contributed by atoms with E-state index in [2.05, 4.69) is 4.90 Å². The molecule has 0 radical (unpaired) electrons. The lowest BCUT2D eigenvalue weighted by molar-refractivity contribution is 0.151. The van der Waals surface area contributed by atoms with Crippen LogP contribution in [0.5, 0.6) is 0 Å².